The highest BCUT2D eigenvalue weighted by atomic mass is 79.9. The Kier molecular flexibility index (Phi) is 2.42. The largest absolute Gasteiger partial charge is 0.280 e. The van der Waals surface area contributed by atoms with Crippen LogP contribution in [-0.2, 0) is 0 Å². The molecule has 2 heterocycles. The lowest BCUT2D eigenvalue weighted by Crippen LogP contribution is -2.28. The van der Waals surface area contributed by atoms with Crippen molar-refractivity contribution < 1.29 is 0 Å². The first-order valence-electron chi connectivity index (χ1n) is 3.88. The second-order valence-corrected chi connectivity index (χ2v) is 4.50. The number of aromatic nitrogens is 3. The molecule has 0 fully saturated rings. The van der Waals surface area contributed by atoms with Crippen LogP contribution in [0.1, 0.15) is 11.7 Å². The predicted molar refractivity (Wildman–Crippen MR) is 54.6 cm³/mol. The summed E-state index contributed by atoms with van der Waals surface area (Å²) < 4.78 is 1.72. The fourth-order valence-corrected chi connectivity index (χ4v) is 3.15. The van der Waals surface area contributed by atoms with Gasteiger partial charge in [-0.05, 0) is 6.92 Å². The van der Waals surface area contributed by atoms with Crippen molar-refractivity contribution >= 4 is 27.7 Å². The van der Waals surface area contributed by atoms with Crippen LogP contribution in [-0.4, -0.2) is 25.8 Å². The maximum Gasteiger partial charge on any atom is 0.276 e. The van der Waals surface area contributed by atoms with Crippen molar-refractivity contribution in [1.82, 2.24) is 14.8 Å². The SMILES string of the molecule is Cc1nnc2n(c1=O)[C@@H](CBr)CS2. The number of aryl methyl sites for hydroxylation is 1. The zero-order valence-corrected chi connectivity index (χ0v) is 9.43. The van der Waals surface area contributed by atoms with Crippen molar-refractivity contribution in [3.05, 3.63) is 16.0 Å². The van der Waals surface area contributed by atoms with E-state index in [1.807, 2.05) is 0 Å². The van der Waals surface area contributed by atoms with E-state index in [1.54, 1.807) is 23.3 Å². The van der Waals surface area contributed by atoms with E-state index in [9.17, 15) is 4.79 Å². The summed E-state index contributed by atoms with van der Waals surface area (Å²) in [5.74, 6) is 0.901. The van der Waals surface area contributed by atoms with Crippen LogP contribution in [0.2, 0.25) is 0 Å². The van der Waals surface area contributed by atoms with E-state index in [1.165, 1.54) is 0 Å². The van der Waals surface area contributed by atoms with Crippen LogP contribution in [0.3, 0.4) is 0 Å². The van der Waals surface area contributed by atoms with Gasteiger partial charge in [0.05, 0.1) is 6.04 Å². The lowest BCUT2D eigenvalue weighted by Gasteiger charge is -2.08. The normalized spacial score (nSPS) is 20.3. The van der Waals surface area contributed by atoms with Gasteiger partial charge in [0.25, 0.3) is 5.56 Å². The molecular weight excluding hydrogens is 254 g/mol. The second-order valence-electron chi connectivity index (χ2n) is 2.86. The molecule has 0 spiro atoms. The van der Waals surface area contributed by atoms with Gasteiger partial charge in [-0.1, -0.05) is 27.7 Å². The standard InChI is InChI=1S/C7H8BrN3OS/c1-4-6(12)11-5(2-8)3-13-7(11)10-9-4/h5H,2-3H2,1H3/t5-/m0/s1. The first-order chi connectivity index (χ1) is 6.24. The minimum atomic E-state index is -0.0144. The van der Waals surface area contributed by atoms with Gasteiger partial charge < -0.3 is 0 Å². The first kappa shape index (κ1) is 9.21. The molecule has 0 bridgehead atoms. The molecule has 0 saturated heterocycles. The number of hydrogen-bond donors (Lipinski definition) is 0. The number of rotatable bonds is 1. The van der Waals surface area contributed by atoms with Crippen molar-refractivity contribution in [1.29, 1.82) is 0 Å². The first-order valence-corrected chi connectivity index (χ1v) is 5.99. The zero-order chi connectivity index (χ0) is 9.42. The topological polar surface area (TPSA) is 47.8 Å². The van der Waals surface area contributed by atoms with Crippen LogP contribution in [0, 0.1) is 6.92 Å². The van der Waals surface area contributed by atoms with Crippen molar-refractivity contribution in [2.24, 2.45) is 0 Å². The van der Waals surface area contributed by atoms with Crippen LogP contribution in [0.25, 0.3) is 0 Å². The van der Waals surface area contributed by atoms with Crippen molar-refractivity contribution in [2.75, 3.05) is 11.1 Å². The van der Waals surface area contributed by atoms with Crippen molar-refractivity contribution in [3.8, 4) is 0 Å². The van der Waals surface area contributed by atoms with Gasteiger partial charge in [0, 0.05) is 11.1 Å². The molecule has 70 valence electrons. The number of alkyl halides is 1. The van der Waals surface area contributed by atoms with Crippen LogP contribution in [0.5, 0.6) is 0 Å². The molecule has 0 amide bonds. The maximum atomic E-state index is 11.7. The monoisotopic (exact) mass is 261 g/mol. The van der Waals surface area contributed by atoms with Gasteiger partial charge in [0.1, 0.15) is 5.69 Å². The average Bonchev–Trinajstić information content (AvgIpc) is 2.55. The smallest absolute Gasteiger partial charge is 0.276 e. The molecule has 0 saturated carbocycles. The highest BCUT2D eigenvalue weighted by Crippen LogP contribution is 2.30. The lowest BCUT2D eigenvalue weighted by molar-refractivity contribution is 0.528. The van der Waals surface area contributed by atoms with Crippen LogP contribution >= 0.6 is 27.7 Å². The summed E-state index contributed by atoms with van der Waals surface area (Å²) in [6, 6.07) is 0.224. The molecule has 1 aliphatic rings. The fourth-order valence-electron chi connectivity index (χ4n) is 1.25. The molecule has 0 aromatic carbocycles. The van der Waals surface area contributed by atoms with Gasteiger partial charge in [-0.2, -0.15) is 0 Å². The average molecular weight is 262 g/mol. The Balaban J connectivity index is 2.61. The summed E-state index contributed by atoms with van der Waals surface area (Å²) in [7, 11) is 0. The molecule has 0 unspecified atom stereocenters. The second kappa shape index (κ2) is 3.42. The third-order valence-corrected chi connectivity index (χ3v) is 3.80. The maximum absolute atomic E-state index is 11.7. The quantitative estimate of drug-likeness (QED) is 0.708. The number of hydrogen-bond acceptors (Lipinski definition) is 4. The van der Waals surface area contributed by atoms with E-state index in [2.05, 4.69) is 26.1 Å². The van der Waals surface area contributed by atoms with Crippen molar-refractivity contribution in [2.45, 2.75) is 18.1 Å². The third-order valence-electron chi connectivity index (χ3n) is 1.97. The van der Waals surface area contributed by atoms with Gasteiger partial charge in [-0.3, -0.25) is 9.36 Å². The van der Waals surface area contributed by atoms with Crippen LogP contribution < -0.4 is 5.56 Å². The molecule has 0 aliphatic carbocycles. The predicted octanol–water partition coefficient (Wildman–Crippen LogP) is 0.988. The Labute approximate surface area is 87.9 Å². The zero-order valence-electron chi connectivity index (χ0n) is 7.03. The Morgan fingerprint density at radius 3 is 3.15 bits per heavy atom. The van der Waals surface area contributed by atoms with E-state index in [0.717, 1.165) is 16.2 Å². The molecule has 1 aliphatic heterocycles. The van der Waals surface area contributed by atoms with E-state index < -0.39 is 0 Å². The van der Waals surface area contributed by atoms with Crippen LogP contribution in [0.4, 0.5) is 0 Å². The molecule has 0 N–H and O–H groups in total. The minimum Gasteiger partial charge on any atom is -0.280 e. The molecule has 1 aromatic heterocycles. The molecule has 1 atom stereocenters. The van der Waals surface area contributed by atoms with E-state index in [-0.39, 0.29) is 11.6 Å². The molecule has 6 heteroatoms. The Hall–Kier alpha value is -0.360. The lowest BCUT2D eigenvalue weighted by atomic mass is 10.4. The van der Waals surface area contributed by atoms with Crippen LogP contribution in [0.15, 0.2) is 9.95 Å². The highest BCUT2D eigenvalue weighted by Gasteiger charge is 2.25. The number of thioether (sulfide) groups is 1. The van der Waals surface area contributed by atoms with E-state index >= 15 is 0 Å². The molecule has 4 nitrogen and oxygen atoms in total. The summed E-state index contributed by atoms with van der Waals surface area (Å²) in [5, 5.41) is 9.30. The molecular formula is C7H8BrN3OS. The van der Waals surface area contributed by atoms with Gasteiger partial charge in [0.2, 0.25) is 0 Å². The molecule has 0 radical (unpaired) electrons. The summed E-state index contributed by atoms with van der Waals surface area (Å²) in [5.41, 5.74) is 0.455. The summed E-state index contributed by atoms with van der Waals surface area (Å²) in [6.45, 7) is 1.69. The van der Waals surface area contributed by atoms with E-state index in [4.69, 9.17) is 0 Å². The third kappa shape index (κ3) is 1.42. The number of halogens is 1. The van der Waals surface area contributed by atoms with Gasteiger partial charge >= 0.3 is 0 Å². The summed E-state index contributed by atoms with van der Waals surface area (Å²) >= 11 is 4.97. The Morgan fingerprint density at radius 2 is 2.46 bits per heavy atom. The molecule has 13 heavy (non-hydrogen) atoms. The number of nitrogens with zero attached hydrogens (tertiary/aromatic N) is 3. The molecule has 1 aromatic rings. The minimum absolute atomic E-state index is 0.0144. The number of fused-ring (bicyclic) bond motifs is 1. The Bertz CT molecular complexity index is 392. The Morgan fingerprint density at radius 1 is 1.69 bits per heavy atom. The van der Waals surface area contributed by atoms with Gasteiger partial charge in [-0.15, -0.1) is 10.2 Å². The fraction of sp³-hybridized carbons (Fsp3) is 0.571. The van der Waals surface area contributed by atoms with Gasteiger partial charge in [0.15, 0.2) is 5.16 Å². The summed E-state index contributed by atoms with van der Waals surface area (Å²) in [6.07, 6.45) is 0. The van der Waals surface area contributed by atoms with Crippen molar-refractivity contribution in [3.63, 3.8) is 0 Å². The summed E-state index contributed by atoms with van der Waals surface area (Å²) in [4.78, 5) is 11.7. The van der Waals surface area contributed by atoms with Gasteiger partial charge in [-0.25, -0.2) is 0 Å². The molecule has 2 rings (SSSR count). The van der Waals surface area contributed by atoms with E-state index in [0.29, 0.717) is 5.69 Å². The highest BCUT2D eigenvalue weighted by molar-refractivity contribution is 9.09.